The largest absolute Gasteiger partial charge is 0.419 e. The average molecular weight is 336 g/mol. The van der Waals surface area contributed by atoms with Gasteiger partial charge in [0.25, 0.3) is 0 Å². The Bertz CT molecular complexity index is 652. The molecule has 1 N–H and O–H groups in total. The molecule has 0 aromatic carbocycles. The Morgan fingerprint density at radius 1 is 1.08 bits per heavy atom. The van der Waals surface area contributed by atoms with Crippen molar-refractivity contribution in [1.29, 1.82) is 0 Å². The molecule has 128 valence electrons. The molecule has 0 amide bonds. The van der Waals surface area contributed by atoms with Crippen LogP contribution < -0.4 is 10.2 Å². The highest BCUT2D eigenvalue weighted by Crippen LogP contribution is 2.33. The summed E-state index contributed by atoms with van der Waals surface area (Å²) >= 11 is 0. The molecule has 3 rings (SSSR count). The lowest BCUT2D eigenvalue weighted by molar-refractivity contribution is -0.137. The van der Waals surface area contributed by atoms with E-state index in [0.717, 1.165) is 37.7 Å². The summed E-state index contributed by atoms with van der Waals surface area (Å²) in [6.07, 6.45) is 2.39. The summed E-state index contributed by atoms with van der Waals surface area (Å²) in [6, 6.07) is 6.31. The zero-order chi connectivity index (χ0) is 17.0. The average Bonchev–Trinajstić information content (AvgIpc) is 2.61. The number of pyridine rings is 2. The zero-order valence-electron chi connectivity index (χ0n) is 13.1. The molecule has 0 spiro atoms. The van der Waals surface area contributed by atoms with Gasteiger partial charge in [0, 0.05) is 43.9 Å². The van der Waals surface area contributed by atoms with Crippen molar-refractivity contribution in [3.05, 3.63) is 48.4 Å². The Morgan fingerprint density at radius 3 is 2.46 bits per heavy atom. The topological polar surface area (TPSA) is 41.1 Å². The number of nitrogens with zero attached hydrogens (tertiary/aromatic N) is 3. The number of nitrogens with one attached hydrogen (secondary N) is 1. The van der Waals surface area contributed by atoms with Gasteiger partial charge in [-0.1, -0.05) is 0 Å². The van der Waals surface area contributed by atoms with Gasteiger partial charge in [0.1, 0.15) is 5.82 Å². The minimum atomic E-state index is -4.39. The molecule has 0 atom stereocenters. The van der Waals surface area contributed by atoms with Gasteiger partial charge in [0.05, 0.1) is 5.56 Å². The molecule has 0 aliphatic carbocycles. The minimum Gasteiger partial charge on any atom is -0.371 e. The van der Waals surface area contributed by atoms with Crippen LogP contribution in [-0.4, -0.2) is 29.6 Å². The zero-order valence-corrected chi connectivity index (χ0v) is 13.1. The molecule has 2 aromatic heterocycles. The maximum atomic E-state index is 13.0. The van der Waals surface area contributed by atoms with Crippen molar-refractivity contribution in [3.63, 3.8) is 0 Å². The Labute approximate surface area is 138 Å². The van der Waals surface area contributed by atoms with E-state index in [1.165, 1.54) is 12.3 Å². The monoisotopic (exact) mass is 336 g/mol. The first-order valence-electron chi connectivity index (χ1n) is 7.95. The van der Waals surface area contributed by atoms with Crippen LogP contribution in [0.2, 0.25) is 0 Å². The predicted octanol–water partition coefficient (Wildman–Crippen LogP) is 3.82. The number of hydrogen-bond donors (Lipinski definition) is 1. The van der Waals surface area contributed by atoms with Crippen LogP contribution in [0.15, 0.2) is 42.9 Å². The molecule has 0 radical (unpaired) electrons. The van der Waals surface area contributed by atoms with E-state index in [1.54, 1.807) is 12.4 Å². The lowest BCUT2D eigenvalue weighted by atomic mass is 9.96. The highest BCUT2D eigenvalue weighted by Gasteiger charge is 2.34. The van der Waals surface area contributed by atoms with E-state index < -0.39 is 11.7 Å². The summed E-state index contributed by atoms with van der Waals surface area (Å²) in [5.74, 6) is 0.257. The molecular formula is C17H19F3N4. The van der Waals surface area contributed by atoms with E-state index in [1.807, 2.05) is 12.1 Å². The number of piperidine rings is 1. The number of alkyl halides is 3. The molecule has 1 saturated heterocycles. The second-order valence-corrected chi connectivity index (χ2v) is 5.91. The number of hydrogen-bond acceptors (Lipinski definition) is 4. The van der Waals surface area contributed by atoms with Crippen LogP contribution in [0, 0.1) is 5.92 Å². The third kappa shape index (κ3) is 3.96. The van der Waals surface area contributed by atoms with E-state index in [2.05, 4.69) is 20.2 Å². The molecule has 4 nitrogen and oxygen atoms in total. The highest BCUT2D eigenvalue weighted by molar-refractivity contribution is 5.46. The molecule has 3 heterocycles. The van der Waals surface area contributed by atoms with Gasteiger partial charge in [-0.3, -0.25) is 4.98 Å². The summed E-state index contributed by atoms with van der Waals surface area (Å²) < 4.78 is 38.9. The van der Waals surface area contributed by atoms with Crippen molar-refractivity contribution >= 4 is 11.5 Å². The molecule has 1 fully saturated rings. The fourth-order valence-electron chi connectivity index (χ4n) is 2.97. The summed E-state index contributed by atoms with van der Waals surface area (Å²) in [5.41, 5.74) is 0.430. The molecule has 7 heteroatoms. The van der Waals surface area contributed by atoms with Crippen LogP contribution >= 0.6 is 0 Å². The first-order chi connectivity index (χ1) is 11.5. The fourth-order valence-corrected chi connectivity index (χ4v) is 2.97. The smallest absolute Gasteiger partial charge is 0.371 e. The first kappa shape index (κ1) is 16.5. The Kier molecular flexibility index (Phi) is 4.87. The van der Waals surface area contributed by atoms with Crippen molar-refractivity contribution in [3.8, 4) is 0 Å². The van der Waals surface area contributed by atoms with E-state index in [9.17, 15) is 13.2 Å². The van der Waals surface area contributed by atoms with Gasteiger partial charge >= 0.3 is 6.18 Å². The van der Waals surface area contributed by atoms with Crippen molar-refractivity contribution in [2.45, 2.75) is 19.0 Å². The lowest BCUT2D eigenvalue weighted by Crippen LogP contribution is -2.36. The van der Waals surface area contributed by atoms with Gasteiger partial charge in [-0.05, 0) is 43.0 Å². The van der Waals surface area contributed by atoms with Gasteiger partial charge in [0.15, 0.2) is 0 Å². The maximum Gasteiger partial charge on any atom is 0.419 e. The Hall–Kier alpha value is -2.31. The minimum absolute atomic E-state index is 0.0819. The molecule has 1 aliphatic heterocycles. The summed E-state index contributed by atoms with van der Waals surface area (Å²) in [6.45, 7) is 2.29. The van der Waals surface area contributed by atoms with Gasteiger partial charge in [-0.2, -0.15) is 13.2 Å². The van der Waals surface area contributed by atoms with Crippen molar-refractivity contribution in [2.75, 3.05) is 29.9 Å². The second kappa shape index (κ2) is 7.07. The van der Waals surface area contributed by atoms with E-state index in [4.69, 9.17) is 0 Å². The molecule has 0 unspecified atom stereocenters. The number of halogens is 3. The van der Waals surface area contributed by atoms with Crippen LogP contribution in [0.4, 0.5) is 24.7 Å². The van der Waals surface area contributed by atoms with E-state index in [-0.39, 0.29) is 5.82 Å². The van der Waals surface area contributed by atoms with Crippen molar-refractivity contribution in [2.24, 2.45) is 5.92 Å². The van der Waals surface area contributed by atoms with E-state index in [0.29, 0.717) is 12.5 Å². The van der Waals surface area contributed by atoms with Gasteiger partial charge < -0.3 is 10.2 Å². The molecule has 24 heavy (non-hydrogen) atoms. The molecule has 2 aromatic rings. The van der Waals surface area contributed by atoms with Gasteiger partial charge in [-0.25, -0.2) is 4.98 Å². The molecule has 0 bridgehead atoms. The fraction of sp³-hybridized carbons (Fsp3) is 0.412. The van der Waals surface area contributed by atoms with Crippen molar-refractivity contribution < 1.29 is 13.2 Å². The van der Waals surface area contributed by atoms with Crippen molar-refractivity contribution in [1.82, 2.24) is 9.97 Å². The number of aromatic nitrogens is 2. The third-order valence-electron chi connectivity index (χ3n) is 4.31. The normalized spacial score (nSPS) is 16.2. The predicted molar refractivity (Wildman–Crippen MR) is 86.9 cm³/mol. The quantitative estimate of drug-likeness (QED) is 0.921. The maximum absolute atomic E-state index is 13.0. The van der Waals surface area contributed by atoms with Crippen LogP contribution in [-0.2, 0) is 6.18 Å². The van der Waals surface area contributed by atoms with Gasteiger partial charge in [-0.15, -0.1) is 0 Å². The molecular weight excluding hydrogens is 317 g/mol. The third-order valence-corrected chi connectivity index (χ3v) is 4.31. The van der Waals surface area contributed by atoms with Gasteiger partial charge in [0.2, 0.25) is 0 Å². The summed E-state index contributed by atoms with van der Waals surface area (Å²) in [5, 5.41) is 2.88. The second-order valence-electron chi connectivity index (χ2n) is 5.91. The number of anilines is 2. The summed E-state index contributed by atoms with van der Waals surface area (Å²) in [7, 11) is 0. The lowest BCUT2D eigenvalue weighted by Gasteiger charge is -2.33. The number of rotatable bonds is 4. The highest BCUT2D eigenvalue weighted by atomic mass is 19.4. The van der Waals surface area contributed by atoms with E-state index >= 15 is 0 Å². The van der Waals surface area contributed by atoms with Crippen LogP contribution in [0.5, 0.6) is 0 Å². The van der Waals surface area contributed by atoms with Crippen LogP contribution in [0.1, 0.15) is 18.4 Å². The Morgan fingerprint density at radius 2 is 1.79 bits per heavy atom. The first-order valence-corrected chi connectivity index (χ1v) is 7.95. The summed E-state index contributed by atoms with van der Waals surface area (Å²) in [4.78, 5) is 10.1. The van der Waals surface area contributed by atoms with Crippen LogP contribution in [0.3, 0.4) is 0 Å². The van der Waals surface area contributed by atoms with Crippen LogP contribution in [0.25, 0.3) is 0 Å². The standard InChI is InChI=1S/C17H19F3N4/c18-17(19,20)15-2-1-7-22-16(15)23-12-13-5-10-24(11-6-13)14-3-8-21-9-4-14/h1-4,7-9,13H,5-6,10-12H2,(H,22,23). The molecule has 0 saturated carbocycles. The molecule has 1 aliphatic rings. The SMILES string of the molecule is FC(F)(F)c1cccnc1NCC1CCN(c2ccncc2)CC1. The Balaban J connectivity index is 1.55.